The van der Waals surface area contributed by atoms with Crippen molar-refractivity contribution in [2.75, 3.05) is 5.32 Å². The quantitative estimate of drug-likeness (QED) is 0.725. The summed E-state index contributed by atoms with van der Waals surface area (Å²) in [5.74, 6) is -2.55. The first kappa shape index (κ1) is 15.5. The van der Waals surface area contributed by atoms with Crippen molar-refractivity contribution in [1.29, 1.82) is 0 Å². The van der Waals surface area contributed by atoms with Crippen LogP contribution >= 0.6 is 11.3 Å². The number of carbonyl (C=O) groups is 3. The number of anilines is 1. The van der Waals surface area contributed by atoms with Crippen molar-refractivity contribution in [3.63, 3.8) is 0 Å². The Hall–Kier alpha value is -1.89. The van der Waals surface area contributed by atoms with Crippen LogP contribution in [-0.4, -0.2) is 28.1 Å². The summed E-state index contributed by atoms with van der Waals surface area (Å²) >= 11 is 1.31. The Bertz CT molecular complexity index is 578. The largest absolute Gasteiger partial charge is 0.481 e. The highest BCUT2D eigenvalue weighted by Crippen LogP contribution is 2.37. The van der Waals surface area contributed by atoms with Crippen LogP contribution in [0.4, 0.5) is 5.00 Å². The zero-order valence-corrected chi connectivity index (χ0v) is 12.3. The Morgan fingerprint density at radius 2 is 1.76 bits per heavy atom. The van der Waals surface area contributed by atoms with Gasteiger partial charge in [-0.3, -0.25) is 9.59 Å². The molecule has 0 saturated carbocycles. The maximum atomic E-state index is 11.7. The van der Waals surface area contributed by atoms with Crippen LogP contribution in [0, 0.1) is 0 Å². The molecule has 114 valence electrons. The summed E-state index contributed by atoms with van der Waals surface area (Å²) in [6.07, 6.45) is 4.20. The molecule has 1 heterocycles. The van der Waals surface area contributed by atoms with Crippen LogP contribution in [-0.2, 0) is 22.4 Å². The maximum Gasteiger partial charge on any atom is 0.339 e. The van der Waals surface area contributed by atoms with Gasteiger partial charge in [-0.25, -0.2) is 4.79 Å². The maximum absolute atomic E-state index is 11.7. The fraction of sp³-hybridized carbons (Fsp3) is 0.500. The lowest BCUT2D eigenvalue weighted by atomic mass is 10.1. The number of aliphatic carboxylic acids is 1. The Morgan fingerprint density at radius 3 is 2.43 bits per heavy atom. The number of hydrogen-bond acceptors (Lipinski definition) is 4. The predicted octanol–water partition coefficient (Wildman–Crippen LogP) is 2.52. The van der Waals surface area contributed by atoms with Crippen molar-refractivity contribution in [3.05, 3.63) is 16.0 Å². The number of nitrogens with one attached hydrogen (secondary N) is 1. The summed E-state index contributed by atoms with van der Waals surface area (Å²) in [5.41, 5.74) is 1.01. The topological polar surface area (TPSA) is 104 Å². The first-order chi connectivity index (χ1) is 9.99. The molecule has 0 saturated heterocycles. The fourth-order valence-corrected chi connectivity index (χ4v) is 3.76. The molecule has 0 atom stereocenters. The number of carboxylic acid groups (broad SMARTS) is 2. The SMILES string of the molecule is O=C(O)CCC(=O)Nc1sc2c(c1C(=O)O)CCCCC2. The molecule has 0 bridgehead atoms. The molecule has 21 heavy (non-hydrogen) atoms. The van der Waals surface area contributed by atoms with Gasteiger partial charge in [-0.2, -0.15) is 0 Å². The van der Waals surface area contributed by atoms with Gasteiger partial charge in [0.25, 0.3) is 0 Å². The van der Waals surface area contributed by atoms with Crippen molar-refractivity contribution in [2.45, 2.75) is 44.9 Å². The molecule has 1 aliphatic carbocycles. The minimum Gasteiger partial charge on any atom is -0.481 e. The van der Waals surface area contributed by atoms with Crippen LogP contribution in [0.2, 0.25) is 0 Å². The normalized spacial score (nSPS) is 14.1. The number of carboxylic acids is 2. The molecule has 0 spiro atoms. The second kappa shape index (κ2) is 6.71. The molecule has 0 unspecified atom stereocenters. The van der Waals surface area contributed by atoms with E-state index in [2.05, 4.69) is 5.32 Å². The molecule has 1 aromatic rings. The molecule has 6 nitrogen and oxygen atoms in total. The van der Waals surface area contributed by atoms with E-state index in [9.17, 15) is 19.5 Å². The van der Waals surface area contributed by atoms with Gasteiger partial charge in [-0.05, 0) is 31.2 Å². The second-order valence-electron chi connectivity index (χ2n) is 5.02. The summed E-state index contributed by atoms with van der Waals surface area (Å²) < 4.78 is 0. The van der Waals surface area contributed by atoms with Crippen LogP contribution in [0.5, 0.6) is 0 Å². The summed E-state index contributed by atoms with van der Waals surface area (Å²) in [4.78, 5) is 34.7. The third-order valence-corrected chi connectivity index (χ3v) is 4.66. The number of thiophene rings is 1. The number of fused-ring (bicyclic) bond motifs is 1. The summed E-state index contributed by atoms with van der Waals surface area (Å²) in [5, 5.41) is 20.9. The van der Waals surface area contributed by atoms with Gasteiger partial charge >= 0.3 is 11.9 Å². The van der Waals surface area contributed by atoms with E-state index in [-0.39, 0.29) is 18.4 Å². The van der Waals surface area contributed by atoms with E-state index in [0.717, 1.165) is 42.5 Å². The van der Waals surface area contributed by atoms with Gasteiger partial charge in [-0.1, -0.05) is 6.42 Å². The van der Waals surface area contributed by atoms with Crippen LogP contribution in [0.1, 0.15) is 52.9 Å². The Kier molecular flexibility index (Phi) is 4.95. The standard InChI is InChI=1S/C14H17NO5S/c16-10(6-7-11(17)18)15-13-12(14(19)20)8-4-2-1-3-5-9(8)21-13/h1-7H2,(H,15,16)(H,17,18)(H,19,20). The van der Waals surface area contributed by atoms with E-state index in [4.69, 9.17) is 5.11 Å². The first-order valence-electron chi connectivity index (χ1n) is 6.88. The van der Waals surface area contributed by atoms with E-state index in [0.29, 0.717) is 5.00 Å². The van der Waals surface area contributed by atoms with Crippen LogP contribution in [0.25, 0.3) is 0 Å². The molecular formula is C14H17NO5S. The molecule has 1 aliphatic rings. The van der Waals surface area contributed by atoms with Crippen LogP contribution in [0.3, 0.4) is 0 Å². The molecule has 7 heteroatoms. The molecule has 0 fully saturated rings. The molecule has 0 aliphatic heterocycles. The Labute approximate surface area is 125 Å². The van der Waals surface area contributed by atoms with Gasteiger partial charge < -0.3 is 15.5 Å². The van der Waals surface area contributed by atoms with Gasteiger partial charge in [0.15, 0.2) is 0 Å². The minimum absolute atomic E-state index is 0.156. The van der Waals surface area contributed by atoms with E-state index in [1.54, 1.807) is 0 Å². The molecule has 0 radical (unpaired) electrons. The number of aryl methyl sites for hydroxylation is 1. The average Bonchev–Trinajstić information content (AvgIpc) is 2.58. The summed E-state index contributed by atoms with van der Waals surface area (Å²) in [7, 11) is 0. The van der Waals surface area contributed by atoms with E-state index in [1.165, 1.54) is 11.3 Å². The second-order valence-corrected chi connectivity index (χ2v) is 6.12. The molecule has 1 aromatic heterocycles. The van der Waals surface area contributed by atoms with E-state index >= 15 is 0 Å². The number of hydrogen-bond donors (Lipinski definition) is 3. The molecule has 3 N–H and O–H groups in total. The van der Waals surface area contributed by atoms with E-state index in [1.807, 2.05) is 0 Å². The zero-order valence-electron chi connectivity index (χ0n) is 11.5. The van der Waals surface area contributed by atoms with Crippen molar-refractivity contribution < 1.29 is 24.6 Å². The zero-order chi connectivity index (χ0) is 15.4. The lowest BCUT2D eigenvalue weighted by molar-refractivity contribution is -0.138. The molecular weight excluding hydrogens is 294 g/mol. The number of aromatic carboxylic acids is 1. The lowest BCUT2D eigenvalue weighted by Crippen LogP contribution is -2.14. The van der Waals surface area contributed by atoms with E-state index < -0.39 is 17.8 Å². The molecule has 1 amide bonds. The van der Waals surface area contributed by atoms with Gasteiger partial charge in [0.2, 0.25) is 5.91 Å². The summed E-state index contributed by atoms with van der Waals surface area (Å²) in [6, 6.07) is 0. The van der Waals surface area contributed by atoms with Gasteiger partial charge in [0.05, 0.1) is 12.0 Å². The van der Waals surface area contributed by atoms with Crippen molar-refractivity contribution in [2.24, 2.45) is 0 Å². The highest BCUT2D eigenvalue weighted by Gasteiger charge is 2.25. The van der Waals surface area contributed by atoms with Crippen molar-refractivity contribution in [1.82, 2.24) is 0 Å². The van der Waals surface area contributed by atoms with Gasteiger partial charge in [-0.15, -0.1) is 11.3 Å². The highest BCUT2D eigenvalue weighted by molar-refractivity contribution is 7.17. The highest BCUT2D eigenvalue weighted by atomic mass is 32.1. The third-order valence-electron chi connectivity index (χ3n) is 3.45. The summed E-state index contributed by atoms with van der Waals surface area (Å²) in [6.45, 7) is 0. The first-order valence-corrected chi connectivity index (χ1v) is 7.70. The Balaban J connectivity index is 2.21. The fourth-order valence-electron chi connectivity index (χ4n) is 2.47. The van der Waals surface area contributed by atoms with Gasteiger partial charge in [0.1, 0.15) is 5.00 Å². The lowest BCUT2D eigenvalue weighted by Gasteiger charge is -2.04. The van der Waals surface area contributed by atoms with Crippen LogP contribution < -0.4 is 5.32 Å². The molecule has 0 aromatic carbocycles. The average molecular weight is 311 g/mol. The predicted molar refractivity (Wildman–Crippen MR) is 78.0 cm³/mol. The number of carbonyl (C=O) groups excluding carboxylic acids is 1. The van der Waals surface area contributed by atoms with Gasteiger partial charge in [0, 0.05) is 11.3 Å². The number of amides is 1. The van der Waals surface area contributed by atoms with Crippen molar-refractivity contribution >= 4 is 34.2 Å². The number of rotatable bonds is 5. The van der Waals surface area contributed by atoms with Crippen molar-refractivity contribution in [3.8, 4) is 0 Å². The van der Waals surface area contributed by atoms with Crippen LogP contribution in [0.15, 0.2) is 0 Å². The smallest absolute Gasteiger partial charge is 0.339 e. The third kappa shape index (κ3) is 3.81. The molecule has 2 rings (SSSR count). The monoisotopic (exact) mass is 311 g/mol. The Morgan fingerprint density at radius 1 is 1.05 bits per heavy atom. The minimum atomic E-state index is -1.05.